The van der Waals surface area contributed by atoms with Gasteiger partial charge in [0.1, 0.15) is 19.3 Å². The molecular formula is C80H156O17P2. The molecule has 0 aromatic rings. The molecule has 17 nitrogen and oxygen atoms in total. The molecule has 0 saturated heterocycles. The Labute approximate surface area is 607 Å². The molecule has 588 valence electrons. The van der Waals surface area contributed by atoms with Crippen LogP contribution in [0.5, 0.6) is 0 Å². The summed E-state index contributed by atoms with van der Waals surface area (Å²) in [6, 6.07) is 0. The van der Waals surface area contributed by atoms with Gasteiger partial charge in [-0.05, 0) is 31.6 Å². The maximum absolute atomic E-state index is 13.1. The van der Waals surface area contributed by atoms with Crippen molar-refractivity contribution in [3.8, 4) is 0 Å². The van der Waals surface area contributed by atoms with E-state index in [1.54, 1.807) is 0 Å². The van der Waals surface area contributed by atoms with Gasteiger partial charge in [0.05, 0.1) is 26.4 Å². The second-order valence-electron chi connectivity index (χ2n) is 29.3. The Morgan fingerprint density at radius 3 is 0.687 bits per heavy atom. The summed E-state index contributed by atoms with van der Waals surface area (Å²) in [5, 5.41) is 10.6. The molecule has 0 aliphatic carbocycles. The van der Waals surface area contributed by atoms with Crippen LogP contribution in [0.25, 0.3) is 0 Å². The van der Waals surface area contributed by atoms with Crippen LogP contribution in [0.15, 0.2) is 0 Å². The predicted molar refractivity (Wildman–Crippen MR) is 405 cm³/mol. The number of carbonyl (C=O) groups is 4. The average molecular weight is 1450 g/mol. The topological polar surface area (TPSA) is 237 Å². The molecule has 5 atom stereocenters. The van der Waals surface area contributed by atoms with E-state index in [4.69, 9.17) is 37.0 Å². The van der Waals surface area contributed by atoms with E-state index in [-0.39, 0.29) is 25.7 Å². The van der Waals surface area contributed by atoms with E-state index in [2.05, 4.69) is 34.6 Å². The third kappa shape index (κ3) is 74.1. The van der Waals surface area contributed by atoms with Gasteiger partial charge in [0.2, 0.25) is 0 Å². The van der Waals surface area contributed by atoms with Gasteiger partial charge in [-0.1, -0.05) is 375 Å². The lowest BCUT2D eigenvalue weighted by atomic mass is 10.0. The normalized spacial score (nSPS) is 13.9. The molecule has 0 spiro atoms. The second-order valence-corrected chi connectivity index (χ2v) is 32.2. The third-order valence-corrected chi connectivity index (χ3v) is 20.7. The van der Waals surface area contributed by atoms with Gasteiger partial charge < -0.3 is 33.8 Å². The first kappa shape index (κ1) is 97.1. The molecule has 0 aromatic heterocycles. The molecular weight excluding hydrogens is 1290 g/mol. The number of ether oxygens (including phenoxy) is 4. The zero-order chi connectivity index (χ0) is 72.7. The van der Waals surface area contributed by atoms with Gasteiger partial charge in [0.15, 0.2) is 12.2 Å². The Morgan fingerprint density at radius 1 is 0.273 bits per heavy atom. The fourth-order valence-electron chi connectivity index (χ4n) is 12.4. The summed E-state index contributed by atoms with van der Waals surface area (Å²) in [7, 11) is -9.91. The monoisotopic (exact) mass is 1450 g/mol. The Morgan fingerprint density at radius 2 is 0.465 bits per heavy atom. The fraction of sp³-hybridized carbons (Fsp3) is 0.950. The fourth-order valence-corrected chi connectivity index (χ4v) is 14.0. The minimum Gasteiger partial charge on any atom is -0.462 e. The summed E-state index contributed by atoms with van der Waals surface area (Å²) in [5.74, 6) is -1.29. The SMILES string of the molecule is CCCCCCCCCCCCCCCCCCCCCCC(=O)OC[C@H](COP(=O)(O)OC[C@@H](O)COP(=O)(O)OC[C@@H](COC(=O)CCCCCCCCCCC)OC(=O)CCCCCCCCCCC)OC(=O)CCCCCCCCCCCCCCCCCCCCC(C)C. The number of unbranched alkanes of at least 4 members (excludes halogenated alkanes) is 52. The number of aliphatic hydroxyl groups is 1. The standard InChI is InChI=1S/C80H156O17P2/c1-6-9-12-15-18-21-22-23-24-25-26-27-31-34-37-40-45-49-54-59-64-78(83)91-70-76(97-80(85)66-61-56-51-46-41-38-35-32-29-28-30-33-36-39-44-47-52-57-62-73(4)5)72-95-99(88,89)93-68-74(81)67-92-98(86,87)94-71-75(96-79(84)65-60-55-50-43-20-17-14-11-8-3)69-90-77(82)63-58-53-48-42-19-16-13-10-7-2/h73-76,81H,6-72H2,1-5H3,(H,86,87)(H,88,89)/t74-,75+,76+/m0/s1. The van der Waals surface area contributed by atoms with E-state index < -0.39 is 97.5 Å². The molecule has 99 heavy (non-hydrogen) atoms. The lowest BCUT2D eigenvalue weighted by Crippen LogP contribution is -2.30. The molecule has 0 aromatic carbocycles. The molecule has 3 N–H and O–H groups in total. The predicted octanol–water partition coefficient (Wildman–Crippen LogP) is 24.0. The quantitative estimate of drug-likeness (QED) is 0.0222. The summed E-state index contributed by atoms with van der Waals surface area (Å²) >= 11 is 0. The van der Waals surface area contributed by atoms with Crippen molar-refractivity contribution in [1.82, 2.24) is 0 Å². The molecule has 0 radical (unpaired) electrons. The number of phosphoric acid groups is 2. The Hall–Kier alpha value is -1.94. The van der Waals surface area contributed by atoms with Crippen molar-refractivity contribution in [1.29, 1.82) is 0 Å². The number of hydrogen-bond acceptors (Lipinski definition) is 15. The van der Waals surface area contributed by atoms with Crippen molar-refractivity contribution in [3.63, 3.8) is 0 Å². The largest absolute Gasteiger partial charge is 0.472 e. The number of esters is 4. The molecule has 0 amide bonds. The van der Waals surface area contributed by atoms with E-state index in [0.29, 0.717) is 25.7 Å². The highest BCUT2D eigenvalue weighted by Gasteiger charge is 2.30. The van der Waals surface area contributed by atoms with E-state index in [1.807, 2.05) is 0 Å². The third-order valence-electron chi connectivity index (χ3n) is 18.8. The van der Waals surface area contributed by atoms with Gasteiger partial charge in [-0.25, -0.2) is 9.13 Å². The molecule has 0 bridgehead atoms. The highest BCUT2D eigenvalue weighted by Crippen LogP contribution is 2.45. The molecule has 0 aliphatic rings. The molecule has 0 aliphatic heterocycles. The van der Waals surface area contributed by atoms with E-state index in [1.165, 1.54) is 250 Å². The van der Waals surface area contributed by atoms with Crippen LogP contribution in [0.2, 0.25) is 0 Å². The minimum absolute atomic E-state index is 0.106. The van der Waals surface area contributed by atoms with Gasteiger partial charge in [0.25, 0.3) is 0 Å². The minimum atomic E-state index is -4.96. The summed E-state index contributed by atoms with van der Waals surface area (Å²) in [4.78, 5) is 72.8. The van der Waals surface area contributed by atoms with E-state index >= 15 is 0 Å². The van der Waals surface area contributed by atoms with Crippen LogP contribution in [0.1, 0.15) is 426 Å². The lowest BCUT2D eigenvalue weighted by Gasteiger charge is -2.21. The van der Waals surface area contributed by atoms with Crippen LogP contribution < -0.4 is 0 Å². The highest BCUT2D eigenvalue weighted by molar-refractivity contribution is 7.47. The Kier molecular flexibility index (Phi) is 71.6. The van der Waals surface area contributed by atoms with Crippen LogP contribution in [-0.2, 0) is 65.4 Å². The Bertz CT molecular complexity index is 1890. The molecule has 0 heterocycles. The van der Waals surface area contributed by atoms with Crippen molar-refractivity contribution in [2.24, 2.45) is 5.92 Å². The number of rotatable bonds is 80. The first-order chi connectivity index (χ1) is 48.0. The smallest absolute Gasteiger partial charge is 0.462 e. The van der Waals surface area contributed by atoms with Crippen LogP contribution >= 0.6 is 15.6 Å². The van der Waals surface area contributed by atoms with Crippen LogP contribution in [0.3, 0.4) is 0 Å². The number of aliphatic hydroxyl groups excluding tert-OH is 1. The van der Waals surface area contributed by atoms with Gasteiger partial charge in [-0.3, -0.25) is 37.3 Å². The summed E-state index contributed by atoms with van der Waals surface area (Å²) in [6.07, 6.45) is 64.1. The molecule has 0 saturated carbocycles. The first-order valence-corrected chi connectivity index (χ1v) is 44.6. The van der Waals surface area contributed by atoms with Crippen LogP contribution in [0, 0.1) is 5.92 Å². The highest BCUT2D eigenvalue weighted by atomic mass is 31.2. The summed E-state index contributed by atoms with van der Waals surface area (Å²) < 4.78 is 68.5. The van der Waals surface area contributed by atoms with Gasteiger partial charge >= 0.3 is 39.5 Å². The molecule has 0 rings (SSSR count). The van der Waals surface area contributed by atoms with Crippen LogP contribution in [-0.4, -0.2) is 96.7 Å². The zero-order valence-electron chi connectivity index (χ0n) is 64.6. The lowest BCUT2D eigenvalue weighted by molar-refractivity contribution is -0.161. The summed E-state index contributed by atoms with van der Waals surface area (Å²) in [6.45, 7) is 7.32. The maximum Gasteiger partial charge on any atom is 0.472 e. The van der Waals surface area contributed by atoms with Crippen molar-refractivity contribution in [2.75, 3.05) is 39.6 Å². The molecule has 19 heteroatoms. The number of phosphoric ester groups is 2. The van der Waals surface area contributed by atoms with Crippen molar-refractivity contribution in [3.05, 3.63) is 0 Å². The second kappa shape index (κ2) is 73.0. The van der Waals surface area contributed by atoms with E-state index in [9.17, 15) is 43.2 Å². The van der Waals surface area contributed by atoms with Crippen molar-refractivity contribution < 1.29 is 80.2 Å². The van der Waals surface area contributed by atoms with E-state index in [0.717, 1.165) is 95.8 Å². The van der Waals surface area contributed by atoms with Gasteiger partial charge in [0, 0.05) is 25.7 Å². The number of hydrogen-bond donors (Lipinski definition) is 3. The summed E-state index contributed by atoms with van der Waals surface area (Å²) in [5.41, 5.74) is 0. The van der Waals surface area contributed by atoms with Gasteiger partial charge in [-0.15, -0.1) is 0 Å². The van der Waals surface area contributed by atoms with Crippen molar-refractivity contribution >= 4 is 39.5 Å². The average Bonchev–Trinajstić information content (AvgIpc) is 1.07. The molecule has 0 fully saturated rings. The van der Waals surface area contributed by atoms with Crippen molar-refractivity contribution in [2.45, 2.75) is 445 Å². The maximum atomic E-state index is 13.1. The number of carbonyl (C=O) groups excluding carboxylic acids is 4. The zero-order valence-corrected chi connectivity index (χ0v) is 66.4. The first-order valence-electron chi connectivity index (χ1n) is 41.6. The van der Waals surface area contributed by atoms with Gasteiger partial charge in [-0.2, -0.15) is 0 Å². The molecule has 2 unspecified atom stereocenters. The van der Waals surface area contributed by atoms with Crippen LogP contribution in [0.4, 0.5) is 0 Å². The Balaban J connectivity index is 5.15.